The molecular weight excluding hydrogens is 636 g/mol. The number of thiazole rings is 1. The maximum atomic E-state index is 14.2. The third-order valence-electron chi connectivity index (χ3n) is 7.37. The van der Waals surface area contributed by atoms with Gasteiger partial charge in [-0.2, -0.15) is 0 Å². The van der Waals surface area contributed by atoms with Gasteiger partial charge in [0.25, 0.3) is 5.56 Å². The van der Waals surface area contributed by atoms with E-state index in [-0.39, 0.29) is 17.7 Å². The minimum absolute atomic E-state index is 0.175. The fourth-order valence-electron chi connectivity index (χ4n) is 5.20. The van der Waals surface area contributed by atoms with Gasteiger partial charge in [0.05, 0.1) is 55.8 Å². The predicted molar refractivity (Wildman–Crippen MR) is 180 cm³/mol. The van der Waals surface area contributed by atoms with Crippen molar-refractivity contribution >= 4 is 29.4 Å². The molecule has 1 atom stereocenters. The van der Waals surface area contributed by atoms with Crippen molar-refractivity contribution in [2.45, 2.75) is 33.4 Å². The quantitative estimate of drug-likeness (QED) is 0.188. The Hall–Kier alpha value is -5.36. The lowest BCUT2D eigenvalue weighted by Crippen LogP contribution is -2.39. The number of nitrogens with zero attached hydrogens (tertiary/aromatic N) is 2. The Balaban J connectivity index is 1.55. The Morgan fingerprint density at radius 2 is 1.62 bits per heavy atom. The van der Waals surface area contributed by atoms with E-state index in [4.69, 9.17) is 28.4 Å². The number of hydrogen-bond donors (Lipinski definition) is 0. The van der Waals surface area contributed by atoms with Crippen LogP contribution in [0.1, 0.15) is 53.9 Å². The third-order valence-corrected chi connectivity index (χ3v) is 8.37. The lowest BCUT2D eigenvalue weighted by molar-refractivity contribution is -0.136. The molecule has 1 aliphatic rings. The molecule has 0 N–H and O–H groups in total. The Labute approximate surface area is 281 Å². The number of esters is 2. The van der Waals surface area contributed by atoms with Gasteiger partial charge in [-0.05, 0) is 68.3 Å². The molecule has 1 aromatic heterocycles. The van der Waals surface area contributed by atoms with E-state index in [2.05, 4.69) is 4.99 Å². The first kappa shape index (κ1) is 34.0. The predicted octanol–water partition coefficient (Wildman–Crippen LogP) is 4.58. The molecule has 4 aromatic rings. The van der Waals surface area contributed by atoms with Crippen molar-refractivity contribution in [3.05, 3.63) is 114 Å². The molecule has 48 heavy (non-hydrogen) atoms. The molecule has 12 heteroatoms. The number of fused-ring (bicyclic) bond motifs is 1. The summed E-state index contributed by atoms with van der Waals surface area (Å²) in [6.07, 6.45) is 3.16. The maximum absolute atomic E-state index is 14.2. The molecule has 0 unspecified atom stereocenters. The monoisotopic (exact) mass is 672 g/mol. The van der Waals surface area contributed by atoms with Gasteiger partial charge in [0.1, 0.15) is 6.61 Å². The van der Waals surface area contributed by atoms with E-state index in [9.17, 15) is 14.4 Å². The highest BCUT2D eigenvalue weighted by Crippen LogP contribution is 2.35. The third kappa shape index (κ3) is 7.13. The smallest absolute Gasteiger partial charge is 0.338 e. The normalized spacial score (nSPS) is 13.9. The highest BCUT2D eigenvalue weighted by Gasteiger charge is 2.31. The van der Waals surface area contributed by atoms with Crippen LogP contribution in [0.5, 0.6) is 23.0 Å². The highest BCUT2D eigenvalue weighted by atomic mass is 32.1. The minimum atomic E-state index is -0.829. The summed E-state index contributed by atoms with van der Waals surface area (Å²) in [6.45, 7) is 6.81. The molecule has 0 radical (unpaired) electrons. The van der Waals surface area contributed by atoms with Crippen LogP contribution in [-0.2, 0) is 20.9 Å². The molecule has 5 rings (SSSR count). The van der Waals surface area contributed by atoms with E-state index < -0.39 is 18.0 Å². The number of aromatic nitrogens is 1. The van der Waals surface area contributed by atoms with E-state index >= 15 is 0 Å². The van der Waals surface area contributed by atoms with Crippen molar-refractivity contribution in [3.63, 3.8) is 0 Å². The van der Waals surface area contributed by atoms with Crippen molar-refractivity contribution in [1.29, 1.82) is 0 Å². The van der Waals surface area contributed by atoms with Gasteiger partial charge in [0.2, 0.25) is 0 Å². The van der Waals surface area contributed by atoms with E-state index in [0.717, 1.165) is 5.56 Å². The van der Waals surface area contributed by atoms with Gasteiger partial charge in [0, 0.05) is 11.8 Å². The Bertz CT molecular complexity index is 2010. The summed E-state index contributed by atoms with van der Waals surface area (Å²) in [5.41, 5.74) is 2.33. The van der Waals surface area contributed by atoms with Crippen molar-refractivity contribution < 1.29 is 38.0 Å². The zero-order valence-corrected chi connectivity index (χ0v) is 28.1. The largest absolute Gasteiger partial charge is 0.493 e. The summed E-state index contributed by atoms with van der Waals surface area (Å²) in [5.74, 6) is 0.956. The molecule has 2 heterocycles. The molecule has 0 amide bonds. The van der Waals surface area contributed by atoms with Crippen LogP contribution < -0.4 is 33.8 Å². The number of ether oxygens (including phenoxy) is 6. The second-order valence-corrected chi connectivity index (χ2v) is 11.3. The number of hydrogen-bond acceptors (Lipinski definition) is 11. The maximum Gasteiger partial charge on any atom is 0.338 e. The summed E-state index contributed by atoms with van der Waals surface area (Å²) >= 11 is 1.18. The molecule has 0 saturated carbocycles. The van der Waals surface area contributed by atoms with Crippen LogP contribution in [0, 0.1) is 0 Å². The van der Waals surface area contributed by atoms with Crippen LogP contribution in [0.15, 0.2) is 82.2 Å². The fourth-order valence-corrected chi connectivity index (χ4v) is 6.16. The number of para-hydroxylation sites is 1. The Morgan fingerprint density at radius 3 is 2.31 bits per heavy atom. The number of benzene rings is 3. The van der Waals surface area contributed by atoms with Crippen LogP contribution in [0.25, 0.3) is 6.08 Å². The second kappa shape index (κ2) is 15.5. The first-order valence-electron chi connectivity index (χ1n) is 15.4. The molecule has 0 aliphatic carbocycles. The van der Waals surface area contributed by atoms with Gasteiger partial charge in [-0.1, -0.05) is 41.7 Å². The summed E-state index contributed by atoms with van der Waals surface area (Å²) in [4.78, 5) is 44.0. The Morgan fingerprint density at radius 1 is 0.875 bits per heavy atom. The van der Waals surface area contributed by atoms with E-state index in [1.807, 2.05) is 19.9 Å². The zero-order chi connectivity index (χ0) is 34.2. The van der Waals surface area contributed by atoms with Gasteiger partial charge in [-0.25, -0.2) is 14.6 Å². The first-order valence-corrected chi connectivity index (χ1v) is 16.2. The van der Waals surface area contributed by atoms with E-state index in [1.54, 1.807) is 67.6 Å². The van der Waals surface area contributed by atoms with Crippen LogP contribution in [0.4, 0.5) is 0 Å². The molecule has 1 aliphatic heterocycles. The van der Waals surface area contributed by atoms with Gasteiger partial charge < -0.3 is 28.4 Å². The van der Waals surface area contributed by atoms with Crippen LogP contribution in [0.2, 0.25) is 0 Å². The van der Waals surface area contributed by atoms with Crippen LogP contribution >= 0.6 is 11.3 Å². The van der Waals surface area contributed by atoms with Crippen molar-refractivity contribution in [2.75, 3.05) is 34.0 Å². The number of rotatable bonds is 13. The molecular formula is C36H36N2O9S. The highest BCUT2D eigenvalue weighted by molar-refractivity contribution is 7.07. The molecule has 250 valence electrons. The number of carbonyl (C=O) groups is 2. The standard InChI is InChI=1S/C36H36N2O9S/c1-6-44-27-17-16-24(18-29(27)45-7-2)31-26(35(41)43-5)20-37-36-38(31)33(39)30(48-36)19-25-10-9-11-28(42-4)32(25)47-21-22-12-14-23(15-13-22)34(40)46-8-3/h9-20,31H,6-8,21H2,1-5H3/b30-19+/t31-/m1/s1. The lowest BCUT2D eigenvalue weighted by Gasteiger charge is -2.23. The summed E-state index contributed by atoms with van der Waals surface area (Å²) in [6, 6.07) is 16.8. The minimum Gasteiger partial charge on any atom is -0.493 e. The van der Waals surface area contributed by atoms with Gasteiger partial charge in [-0.3, -0.25) is 9.36 Å². The van der Waals surface area contributed by atoms with Crippen LogP contribution in [0.3, 0.4) is 0 Å². The van der Waals surface area contributed by atoms with Crippen molar-refractivity contribution in [3.8, 4) is 23.0 Å². The molecule has 0 saturated heterocycles. The summed E-state index contributed by atoms with van der Waals surface area (Å²) in [7, 11) is 2.82. The van der Waals surface area contributed by atoms with E-state index in [0.29, 0.717) is 68.8 Å². The average Bonchev–Trinajstić information content (AvgIpc) is 3.42. The topological polar surface area (TPSA) is 124 Å². The first-order chi connectivity index (χ1) is 23.3. The summed E-state index contributed by atoms with van der Waals surface area (Å²) < 4.78 is 35.4. The lowest BCUT2D eigenvalue weighted by atomic mass is 9.97. The van der Waals surface area contributed by atoms with Gasteiger partial charge in [-0.15, -0.1) is 0 Å². The molecule has 0 fully saturated rings. The van der Waals surface area contributed by atoms with Crippen molar-refractivity contribution in [2.24, 2.45) is 4.99 Å². The van der Waals surface area contributed by atoms with Crippen LogP contribution in [-0.4, -0.2) is 50.5 Å². The van der Waals surface area contributed by atoms with Gasteiger partial charge >= 0.3 is 11.9 Å². The fraction of sp³-hybridized carbons (Fsp3) is 0.278. The number of methoxy groups -OCH3 is 2. The Kier molecular flexibility index (Phi) is 11.0. The van der Waals surface area contributed by atoms with Crippen molar-refractivity contribution in [1.82, 2.24) is 4.57 Å². The molecule has 0 bridgehead atoms. The molecule has 0 spiro atoms. The average molecular weight is 673 g/mol. The zero-order valence-electron chi connectivity index (χ0n) is 27.3. The summed E-state index contributed by atoms with van der Waals surface area (Å²) in [5, 5.41) is 0. The SMILES string of the molecule is CCOC(=O)c1ccc(COc2c(/C=c3/sc4n(c3=O)[C@H](c3ccc(OCC)c(OCC)c3)C(C(=O)OC)=CN=4)cccc2OC)cc1. The number of carbonyl (C=O) groups excluding carboxylic acids is 2. The van der Waals surface area contributed by atoms with E-state index in [1.165, 1.54) is 36.3 Å². The van der Waals surface area contributed by atoms with Gasteiger partial charge in [0.15, 0.2) is 27.8 Å². The second-order valence-electron chi connectivity index (χ2n) is 10.3. The molecule has 3 aromatic carbocycles. The molecule has 11 nitrogen and oxygen atoms in total.